The van der Waals surface area contributed by atoms with Gasteiger partial charge in [-0.1, -0.05) is 72.8 Å². The zero-order chi connectivity index (χ0) is 15.4. The first-order valence-corrected chi connectivity index (χ1v) is 7.13. The molecule has 2 heteroatoms. The second kappa shape index (κ2) is 6.19. The average Bonchev–Trinajstić information content (AvgIpc) is 2.62. The maximum absolute atomic E-state index is 7.74. The lowest BCUT2D eigenvalue weighted by Crippen LogP contribution is -1.98. The smallest absolute Gasteiger partial charge is 0.0787 e. The molecule has 106 valence electrons. The molecule has 0 radical (unpaired) electrons. The monoisotopic (exact) mass is 284 g/mol. The third-order valence-corrected chi connectivity index (χ3v) is 3.64. The van der Waals surface area contributed by atoms with Crippen LogP contribution in [0.1, 0.15) is 5.56 Å². The normalized spacial score (nSPS) is 10.2. The summed E-state index contributed by atoms with van der Waals surface area (Å²) in [6.07, 6.45) is 1.07. The summed E-state index contributed by atoms with van der Waals surface area (Å²) >= 11 is 0. The van der Waals surface area contributed by atoms with Gasteiger partial charge in [0.1, 0.15) is 0 Å². The predicted octanol–water partition coefficient (Wildman–Crippen LogP) is 5.04. The van der Waals surface area contributed by atoms with Gasteiger partial charge >= 0.3 is 0 Å². The molecule has 0 saturated heterocycles. The molecule has 3 aromatic rings. The Kier molecular flexibility index (Phi) is 3.92. The van der Waals surface area contributed by atoms with Crippen molar-refractivity contribution >= 4 is 11.9 Å². The van der Waals surface area contributed by atoms with Crippen molar-refractivity contribution in [2.75, 3.05) is 0 Å². The Morgan fingerprint density at radius 1 is 0.636 bits per heavy atom. The van der Waals surface area contributed by atoms with Crippen LogP contribution in [0.25, 0.3) is 22.3 Å². The third kappa shape index (κ3) is 2.86. The van der Waals surface area contributed by atoms with Gasteiger partial charge in [-0.3, -0.25) is 5.41 Å². The standard InChI is InChI=1S/C20H16N2/c21-14-20(22)19-8-4-7-18(13-19)17-11-9-16(10-12-17)15-5-2-1-3-6-15/h1-14,21-22H. The Balaban J connectivity index is 1.93. The van der Waals surface area contributed by atoms with Crippen molar-refractivity contribution in [2.45, 2.75) is 0 Å². The summed E-state index contributed by atoms with van der Waals surface area (Å²) in [6, 6.07) is 26.4. The van der Waals surface area contributed by atoms with Crippen molar-refractivity contribution in [1.29, 1.82) is 10.8 Å². The lowest BCUT2D eigenvalue weighted by Gasteiger charge is -2.06. The van der Waals surface area contributed by atoms with E-state index >= 15 is 0 Å². The molecule has 0 unspecified atom stereocenters. The van der Waals surface area contributed by atoms with Crippen LogP contribution in [-0.2, 0) is 0 Å². The van der Waals surface area contributed by atoms with Crippen LogP contribution in [0.15, 0.2) is 78.9 Å². The van der Waals surface area contributed by atoms with Gasteiger partial charge in [-0.15, -0.1) is 0 Å². The molecule has 3 rings (SSSR count). The Labute approximate surface area is 130 Å². The topological polar surface area (TPSA) is 47.7 Å². The van der Waals surface area contributed by atoms with E-state index in [4.69, 9.17) is 10.8 Å². The zero-order valence-electron chi connectivity index (χ0n) is 12.1. The molecule has 0 saturated carbocycles. The molecule has 0 bridgehead atoms. The van der Waals surface area contributed by atoms with Crippen LogP contribution in [0.4, 0.5) is 0 Å². The molecular weight excluding hydrogens is 268 g/mol. The quantitative estimate of drug-likeness (QED) is 0.631. The number of hydrogen-bond acceptors (Lipinski definition) is 2. The van der Waals surface area contributed by atoms with Gasteiger partial charge in [0.05, 0.1) is 5.71 Å². The van der Waals surface area contributed by atoms with Crippen molar-refractivity contribution in [1.82, 2.24) is 0 Å². The first-order valence-electron chi connectivity index (χ1n) is 7.13. The van der Waals surface area contributed by atoms with E-state index < -0.39 is 0 Å². The second-order valence-corrected chi connectivity index (χ2v) is 5.08. The molecule has 0 atom stereocenters. The molecule has 3 aromatic carbocycles. The van der Waals surface area contributed by atoms with Crippen LogP contribution < -0.4 is 0 Å². The number of nitrogens with one attached hydrogen (secondary N) is 2. The fourth-order valence-electron chi connectivity index (χ4n) is 2.44. The molecule has 0 aliphatic rings. The SMILES string of the molecule is N=CC(=N)c1cccc(-c2ccc(-c3ccccc3)cc2)c1. The van der Waals surface area contributed by atoms with E-state index in [-0.39, 0.29) is 5.71 Å². The lowest BCUT2D eigenvalue weighted by molar-refractivity contribution is 1.49. The van der Waals surface area contributed by atoms with Gasteiger partial charge in [0.15, 0.2) is 0 Å². The summed E-state index contributed by atoms with van der Waals surface area (Å²) in [4.78, 5) is 0. The molecule has 0 aliphatic carbocycles. The van der Waals surface area contributed by atoms with Crippen LogP contribution >= 0.6 is 0 Å². The Hall–Kier alpha value is -3.00. The Morgan fingerprint density at radius 3 is 1.82 bits per heavy atom. The molecule has 0 aliphatic heterocycles. The van der Waals surface area contributed by atoms with Gasteiger partial charge in [-0.05, 0) is 28.3 Å². The van der Waals surface area contributed by atoms with Crippen molar-refractivity contribution in [2.24, 2.45) is 0 Å². The Morgan fingerprint density at radius 2 is 1.18 bits per heavy atom. The van der Waals surface area contributed by atoms with Crippen LogP contribution in [0.3, 0.4) is 0 Å². The number of rotatable bonds is 4. The largest absolute Gasteiger partial charge is 0.307 e. The minimum Gasteiger partial charge on any atom is -0.307 e. The van der Waals surface area contributed by atoms with Gasteiger partial charge in [0.25, 0.3) is 0 Å². The molecule has 0 fully saturated rings. The summed E-state index contributed by atoms with van der Waals surface area (Å²) in [5.74, 6) is 0. The second-order valence-electron chi connectivity index (χ2n) is 5.08. The highest BCUT2D eigenvalue weighted by molar-refractivity contribution is 6.35. The van der Waals surface area contributed by atoms with E-state index in [0.717, 1.165) is 22.9 Å². The van der Waals surface area contributed by atoms with E-state index in [9.17, 15) is 0 Å². The lowest BCUT2D eigenvalue weighted by atomic mass is 9.98. The Bertz CT molecular complexity index is 803. The van der Waals surface area contributed by atoms with Gasteiger partial charge in [-0.2, -0.15) is 0 Å². The molecule has 22 heavy (non-hydrogen) atoms. The van der Waals surface area contributed by atoms with Crippen molar-refractivity contribution in [3.63, 3.8) is 0 Å². The molecule has 2 N–H and O–H groups in total. The van der Waals surface area contributed by atoms with Crippen LogP contribution in [0.2, 0.25) is 0 Å². The number of hydrogen-bond donors (Lipinski definition) is 2. The van der Waals surface area contributed by atoms with Gasteiger partial charge in [-0.25, -0.2) is 0 Å². The molecule has 0 aromatic heterocycles. The summed E-state index contributed by atoms with van der Waals surface area (Å²) in [5, 5.41) is 14.9. The van der Waals surface area contributed by atoms with Crippen molar-refractivity contribution < 1.29 is 0 Å². The van der Waals surface area contributed by atoms with E-state index in [0.29, 0.717) is 0 Å². The predicted molar refractivity (Wildman–Crippen MR) is 92.9 cm³/mol. The third-order valence-electron chi connectivity index (χ3n) is 3.64. The molecule has 0 amide bonds. The summed E-state index contributed by atoms with van der Waals surface area (Å²) in [5.41, 5.74) is 5.55. The zero-order valence-corrected chi connectivity index (χ0v) is 12.1. The molecule has 2 nitrogen and oxygen atoms in total. The summed E-state index contributed by atoms with van der Waals surface area (Å²) < 4.78 is 0. The first-order chi connectivity index (χ1) is 10.8. The highest BCUT2D eigenvalue weighted by Crippen LogP contribution is 2.25. The highest BCUT2D eigenvalue weighted by Gasteiger charge is 2.03. The first kappa shape index (κ1) is 14.0. The van der Waals surface area contributed by atoms with Gasteiger partial charge < -0.3 is 5.41 Å². The van der Waals surface area contributed by atoms with Gasteiger partial charge in [0.2, 0.25) is 0 Å². The van der Waals surface area contributed by atoms with E-state index in [1.807, 2.05) is 42.5 Å². The van der Waals surface area contributed by atoms with Crippen LogP contribution in [0, 0.1) is 10.8 Å². The van der Waals surface area contributed by atoms with Crippen molar-refractivity contribution in [3.05, 3.63) is 84.4 Å². The summed E-state index contributed by atoms with van der Waals surface area (Å²) in [7, 11) is 0. The fraction of sp³-hybridized carbons (Fsp3) is 0. The maximum Gasteiger partial charge on any atom is 0.0787 e. The minimum atomic E-state index is 0.225. The van der Waals surface area contributed by atoms with E-state index in [1.165, 1.54) is 11.1 Å². The van der Waals surface area contributed by atoms with E-state index in [2.05, 4.69) is 36.4 Å². The maximum atomic E-state index is 7.74. The molecule has 0 heterocycles. The summed E-state index contributed by atoms with van der Waals surface area (Å²) in [6.45, 7) is 0. The molecular formula is C20H16N2. The number of benzene rings is 3. The highest BCUT2D eigenvalue weighted by atomic mass is 14.5. The average molecular weight is 284 g/mol. The van der Waals surface area contributed by atoms with Crippen LogP contribution in [0.5, 0.6) is 0 Å². The van der Waals surface area contributed by atoms with Crippen molar-refractivity contribution in [3.8, 4) is 22.3 Å². The fourth-order valence-corrected chi connectivity index (χ4v) is 2.44. The van der Waals surface area contributed by atoms with E-state index in [1.54, 1.807) is 0 Å². The molecule has 0 spiro atoms. The minimum absolute atomic E-state index is 0.225. The van der Waals surface area contributed by atoms with Crippen LogP contribution in [-0.4, -0.2) is 11.9 Å². The van der Waals surface area contributed by atoms with Gasteiger partial charge in [0, 0.05) is 11.8 Å².